The Labute approximate surface area is 153 Å². The van der Waals surface area contributed by atoms with E-state index in [2.05, 4.69) is 20.3 Å². The number of nitrogen functional groups attached to an aromatic ring is 2. The van der Waals surface area contributed by atoms with Crippen molar-refractivity contribution in [2.45, 2.75) is 5.75 Å². The summed E-state index contributed by atoms with van der Waals surface area (Å²) in [4.78, 5) is 4.32. The van der Waals surface area contributed by atoms with Crippen LogP contribution in [0.4, 0.5) is 15.9 Å². The van der Waals surface area contributed by atoms with Gasteiger partial charge in [-0.25, -0.2) is 4.39 Å². The fourth-order valence-corrected chi connectivity index (χ4v) is 3.35. The largest absolute Gasteiger partial charge is 0.772 e. The van der Waals surface area contributed by atoms with E-state index < -0.39 is 16.9 Å². The summed E-state index contributed by atoms with van der Waals surface area (Å²) in [5.74, 6) is -0.990. The average molecular weight is 387 g/mol. The number of benzene rings is 1. The van der Waals surface area contributed by atoms with E-state index in [4.69, 9.17) is 16.0 Å². The lowest BCUT2D eigenvalue weighted by Gasteiger charge is -2.12. The summed E-state index contributed by atoms with van der Waals surface area (Å²) in [5.41, 5.74) is 13.7. The molecule has 1 atom stereocenters. The molecule has 0 aliphatic carbocycles. The topological polar surface area (TPSA) is 160 Å². The second-order valence-corrected chi connectivity index (χ2v) is 6.65. The van der Waals surface area contributed by atoms with Crippen molar-refractivity contribution in [2.24, 2.45) is 0 Å². The summed E-state index contributed by atoms with van der Waals surface area (Å²) >= 11 is -2.38. The molecular formula is C16H12FN6O3S-. The lowest BCUT2D eigenvalue weighted by Crippen LogP contribution is -2.02. The highest BCUT2D eigenvalue weighted by Crippen LogP contribution is 2.38. The number of fused-ring (bicyclic) bond motifs is 1. The molecule has 0 amide bonds. The number of aromatic amines is 1. The molecule has 27 heavy (non-hydrogen) atoms. The first-order valence-corrected chi connectivity index (χ1v) is 8.87. The predicted octanol–water partition coefficient (Wildman–Crippen LogP) is 1.96. The first-order valence-electron chi connectivity index (χ1n) is 7.63. The Morgan fingerprint density at radius 2 is 2.07 bits per heavy atom. The second kappa shape index (κ2) is 6.45. The summed E-state index contributed by atoms with van der Waals surface area (Å²) in [6.07, 6.45) is 4.69. The number of aromatic nitrogens is 4. The maximum absolute atomic E-state index is 14.6. The van der Waals surface area contributed by atoms with Crippen LogP contribution >= 0.6 is 0 Å². The van der Waals surface area contributed by atoms with Gasteiger partial charge in [0.1, 0.15) is 5.82 Å². The number of nitrogens with one attached hydrogen (secondary N) is 1. The zero-order chi connectivity index (χ0) is 19.1. The summed E-state index contributed by atoms with van der Waals surface area (Å²) in [6, 6.07) is 2.39. The molecule has 5 N–H and O–H groups in total. The van der Waals surface area contributed by atoms with E-state index in [0.29, 0.717) is 22.1 Å². The first kappa shape index (κ1) is 17.1. The zero-order valence-corrected chi connectivity index (χ0v) is 14.4. The number of hydrogen-bond donors (Lipinski definition) is 3. The molecule has 138 valence electrons. The molecule has 3 aromatic heterocycles. The van der Waals surface area contributed by atoms with E-state index in [9.17, 15) is 13.2 Å². The van der Waals surface area contributed by atoms with E-state index >= 15 is 0 Å². The smallest absolute Gasteiger partial charge is 0.180 e. The third-order valence-corrected chi connectivity index (χ3v) is 4.64. The standard InChI is InChI=1S/C16H13FN6O3S/c17-11-2-12(18)7(6-27(24)25)1-9(11)14-13-15(26-23-16(13)19)10(5-20-14)8-3-21-22-4-8/h1-5H,6,18H2,(H2,19,23)(H,21,22)(H,24,25)/p-1. The van der Waals surface area contributed by atoms with Crippen molar-refractivity contribution < 1.29 is 17.7 Å². The highest BCUT2D eigenvalue weighted by molar-refractivity contribution is 7.78. The quantitative estimate of drug-likeness (QED) is 0.354. The van der Waals surface area contributed by atoms with Crippen LogP contribution in [0, 0.1) is 5.82 Å². The predicted molar refractivity (Wildman–Crippen MR) is 96.2 cm³/mol. The van der Waals surface area contributed by atoms with Gasteiger partial charge < -0.3 is 20.5 Å². The minimum absolute atomic E-state index is 0.0306. The highest BCUT2D eigenvalue weighted by Gasteiger charge is 2.21. The monoisotopic (exact) mass is 387 g/mol. The number of H-pyrrole nitrogens is 1. The van der Waals surface area contributed by atoms with Gasteiger partial charge in [-0.15, -0.1) is 0 Å². The van der Waals surface area contributed by atoms with Crippen LogP contribution in [-0.2, 0) is 16.8 Å². The number of anilines is 2. The van der Waals surface area contributed by atoms with E-state index in [0.717, 1.165) is 6.07 Å². The van der Waals surface area contributed by atoms with Gasteiger partial charge in [0.2, 0.25) is 0 Å². The summed E-state index contributed by atoms with van der Waals surface area (Å²) in [6.45, 7) is 0. The molecule has 0 radical (unpaired) electrons. The van der Waals surface area contributed by atoms with Gasteiger partial charge >= 0.3 is 0 Å². The van der Waals surface area contributed by atoms with E-state index in [1.807, 2.05) is 0 Å². The lowest BCUT2D eigenvalue weighted by atomic mass is 10.0. The summed E-state index contributed by atoms with van der Waals surface area (Å²) in [7, 11) is 0. The molecule has 4 aromatic rings. The van der Waals surface area contributed by atoms with Gasteiger partial charge in [-0.05, 0) is 17.7 Å². The molecule has 0 saturated carbocycles. The average Bonchev–Trinajstić information content (AvgIpc) is 3.27. The van der Waals surface area contributed by atoms with Crippen molar-refractivity contribution in [1.82, 2.24) is 20.3 Å². The molecule has 3 heterocycles. The molecule has 1 unspecified atom stereocenters. The minimum Gasteiger partial charge on any atom is -0.772 e. The molecule has 0 spiro atoms. The Morgan fingerprint density at radius 3 is 2.78 bits per heavy atom. The molecule has 4 rings (SSSR count). The fourth-order valence-electron chi connectivity index (χ4n) is 2.84. The number of halogens is 1. The van der Waals surface area contributed by atoms with Gasteiger partial charge in [0.05, 0.1) is 17.3 Å². The van der Waals surface area contributed by atoms with Crippen molar-refractivity contribution in [3.05, 3.63) is 42.1 Å². The summed E-state index contributed by atoms with van der Waals surface area (Å²) in [5, 5.41) is 10.6. The van der Waals surface area contributed by atoms with Crippen LogP contribution in [0.3, 0.4) is 0 Å². The van der Waals surface area contributed by atoms with E-state index in [1.54, 1.807) is 12.4 Å². The summed E-state index contributed by atoms with van der Waals surface area (Å²) < 4.78 is 42.0. The maximum Gasteiger partial charge on any atom is 0.180 e. The third kappa shape index (κ3) is 2.92. The molecule has 9 nitrogen and oxygen atoms in total. The van der Waals surface area contributed by atoms with Gasteiger partial charge in [-0.3, -0.25) is 14.3 Å². The number of rotatable bonds is 4. The molecule has 0 bridgehead atoms. The molecule has 0 aliphatic heterocycles. The molecule has 11 heteroatoms. The Kier molecular flexibility index (Phi) is 4.09. The van der Waals surface area contributed by atoms with Gasteiger partial charge in [0, 0.05) is 40.5 Å². The number of nitrogens with zero attached hydrogens (tertiary/aromatic N) is 3. The van der Waals surface area contributed by atoms with Crippen LogP contribution in [0.2, 0.25) is 0 Å². The zero-order valence-electron chi connectivity index (χ0n) is 13.6. The van der Waals surface area contributed by atoms with Crippen LogP contribution in [0.1, 0.15) is 5.56 Å². The number of pyridine rings is 1. The van der Waals surface area contributed by atoms with Crippen molar-refractivity contribution in [3.63, 3.8) is 0 Å². The first-order chi connectivity index (χ1) is 13.0. The van der Waals surface area contributed by atoms with Gasteiger partial charge in [-0.1, -0.05) is 16.2 Å². The van der Waals surface area contributed by atoms with Gasteiger partial charge in [-0.2, -0.15) is 5.10 Å². The van der Waals surface area contributed by atoms with Crippen molar-refractivity contribution >= 4 is 33.6 Å². The van der Waals surface area contributed by atoms with Crippen molar-refractivity contribution in [2.75, 3.05) is 11.5 Å². The number of nitrogens with two attached hydrogens (primary N) is 2. The number of hydrogen-bond acceptors (Lipinski definition) is 8. The Morgan fingerprint density at radius 1 is 1.26 bits per heavy atom. The Bertz CT molecular complexity index is 1170. The van der Waals surface area contributed by atoms with Crippen LogP contribution < -0.4 is 11.5 Å². The molecule has 0 aliphatic rings. The molecule has 1 aromatic carbocycles. The molecule has 0 saturated heterocycles. The minimum atomic E-state index is -2.38. The van der Waals surface area contributed by atoms with Gasteiger partial charge in [0.25, 0.3) is 0 Å². The highest BCUT2D eigenvalue weighted by atomic mass is 32.2. The molecular weight excluding hydrogens is 375 g/mol. The van der Waals surface area contributed by atoms with Crippen molar-refractivity contribution in [1.29, 1.82) is 0 Å². The van der Waals surface area contributed by atoms with E-state index in [1.165, 1.54) is 12.3 Å². The SMILES string of the molecule is Nc1cc(F)c(-c2ncc(-c3cn[nH]c3)c3onc(N)c23)cc1CS(=O)[O-]. The maximum atomic E-state index is 14.6. The Hall–Kier alpha value is -3.31. The van der Waals surface area contributed by atoms with Crippen LogP contribution in [0.5, 0.6) is 0 Å². The van der Waals surface area contributed by atoms with Gasteiger partial charge in [0.15, 0.2) is 11.4 Å². The molecule has 0 fully saturated rings. The third-order valence-electron chi connectivity index (χ3n) is 4.09. The second-order valence-electron chi connectivity index (χ2n) is 5.76. The van der Waals surface area contributed by atoms with Crippen LogP contribution in [0.25, 0.3) is 33.4 Å². The van der Waals surface area contributed by atoms with Crippen LogP contribution in [0.15, 0.2) is 35.2 Å². The Balaban J connectivity index is 1.97. The lowest BCUT2D eigenvalue weighted by molar-refractivity contribution is 0.461. The van der Waals surface area contributed by atoms with E-state index in [-0.39, 0.29) is 34.1 Å². The fraction of sp³-hybridized carbons (Fsp3) is 0.0625. The van der Waals surface area contributed by atoms with Crippen molar-refractivity contribution in [3.8, 4) is 22.4 Å². The normalized spacial score (nSPS) is 12.5. The van der Waals surface area contributed by atoms with Crippen LogP contribution in [-0.4, -0.2) is 29.1 Å².